The molecule has 1 saturated heterocycles. The van der Waals surface area contributed by atoms with Crippen molar-refractivity contribution in [2.45, 2.75) is 38.5 Å². The van der Waals surface area contributed by atoms with Gasteiger partial charge in [0.05, 0.1) is 12.2 Å². The molecule has 0 aliphatic carbocycles. The summed E-state index contributed by atoms with van der Waals surface area (Å²) in [6.45, 7) is 5.14. The second-order valence-corrected chi connectivity index (χ2v) is 8.90. The second kappa shape index (κ2) is 7.37. The van der Waals surface area contributed by atoms with E-state index >= 15 is 0 Å². The largest absolute Gasteiger partial charge is 0.484 e. The molecule has 3 nitrogen and oxygen atoms in total. The van der Waals surface area contributed by atoms with Crippen LogP contribution in [0.3, 0.4) is 0 Å². The molecule has 2 aliphatic rings. The molecule has 146 valence electrons. The molecule has 1 fully saturated rings. The molecule has 5 heteroatoms. The van der Waals surface area contributed by atoms with E-state index in [0.717, 1.165) is 37.2 Å². The minimum absolute atomic E-state index is 0.0286. The highest BCUT2D eigenvalue weighted by molar-refractivity contribution is 7.10. The van der Waals surface area contributed by atoms with Crippen molar-refractivity contribution >= 4 is 11.3 Å². The van der Waals surface area contributed by atoms with Crippen molar-refractivity contribution in [2.24, 2.45) is 5.92 Å². The summed E-state index contributed by atoms with van der Waals surface area (Å²) < 4.78 is 22.5. The zero-order chi connectivity index (χ0) is 19.1. The monoisotopic (exact) mass is 396 g/mol. The van der Waals surface area contributed by atoms with Crippen molar-refractivity contribution in [3.8, 4) is 5.75 Å². The van der Waals surface area contributed by atoms with Crippen LogP contribution in [0.15, 0.2) is 54.0 Å². The lowest BCUT2D eigenvalue weighted by Crippen LogP contribution is -2.38. The predicted octanol–water partition coefficient (Wildman–Crippen LogP) is 5.64. The zero-order valence-corrected chi connectivity index (χ0v) is 16.9. The Morgan fingerprint density at radius 3 is 2.79 bits per heavy atom. The zero-order valence-electron chi connectivity index (χ0n) is 16.1. The van der Waals surface area contributed by atoms with Gasteiger partial charge in [-0.05, 0) is 74.6 Å². The van der Waals surface area contributed by atoms with Crippen LogP contribution in [0.4, 0.5) is 4.39 Å². The Morgan fingerprint density at radius 1 is 1.14 bits per heavy atom. The van der Waals surface area contributed by atoms with Gasteiger partial charge in [0.15, 0.2) is 0 Å². The van der Waals surface area contributed by atoms with Gasteiger partial charge in [0.25, 0.3) is 0 Å². The van der Waals surface area contributed by atoms with Gasteiger partial charge in [0, 0.05) is 28.6 Å². The summed E-state index contributed by atoms with van der Waals surface area (Å²) in [7, 11) is 0. The van der Waals surface area contributed by atoms with Crippen LogP contribution in [0.25, 0.3) is 0 Å². The first-order valence-electron chi connectivity index (χ1n) is 10.1. The highest BCUT2D eigenvalue weighted by Gasteiger charge is 2.34. The number of hydrogen-bond donors (Lipinski definition) is 0. The van der Waals surface area contributed by atoms with E-state index in [9.17, 15) is 4.39 Å². The van der Waals surface area contributed by atoms with E-state index in [2.05, 4.69) is 52.2 Å². The lowest BCUT2D eigenvalue weighted by Gasteiger charge is -2.38. The number of rotatable bonds is 3. The van der Waals surface area contributed by atoms with Gasteiger partial charge in [-0.25, -0.2) is 4.39 Å². The molecule has 28 heavy (non-hydrogen) atoms. The lowest BCUT2D eigenvalue weighted by molar-refractivity contribution is 0.0608. The van der Waals surface area contributed by atoms with Crippen molar-refractivity contribution in [3.05, 3.63) is 76.0 Å². The second-order valence-electron chi connectivity index (χ2n) is 7.92. The minimum atomic E-state index is -0.203. The fourth-order valence-corrected chi connectivity index (χ4v) is 5.47. The first kappa shape index (κ1) is 18.0. The maximum Gasteiger partial charge on any atom is 0.141 e. The standard InChI is InChI=1S/C23H25FN2OS/c1-16(22-5-3-13-28-22)25-11-8-17(9-12-25)23-20-4-2-10-26(20)15-18-14-19(24)6-7-21(18)27-23/h2-7,10,13-14,16-17,23H,8-9,11-12,15H2,1H3. The number of halogens is 1. The van der Waals surface area contributed by atoms with Crippen LogP contribution in [-0.2, 0) is 6.54 Å². The lowest BCUT2D eigenvalue weighted by atomic mass is 9.88. The average molecular weight is 397 g/mol. The van der Waals surface area contributed by atoms with Gasteiger partial charge < -0.3 is 9.30 Å². The third-order valence-corrected chi connectivity index (χ3v) is 7.32. The maximum absolute atomic E-state index is 13.7. The van der Waals surface area contributed by atoms with Crippen LogP contribution in [-0.4, -0.2) is 22.6 Å². The SMILES string of the molecule is CC(c1cccs1)N1CCC(C2Oc3ccc(F)cc3Cn3cccc32)CC1. The third kappa shape index (κ3) is 3.27. The highest BCUT2D eigenvalue weighted by atomic mass is 32.1. The molecule has 0 saturated carbocycles. The van der Waals surface area contributed by atoms with Gasteiger partial charge in [-0.3, -0.25) is 4.90 Å². The molecule has 5 rings (SSSR count). The summed E-state index contributed by atoms with van der Waals surface area (Å²) in [6.07, 6.45) is 4.34. The summed E-state index contributed by atoms with van der Waals surface area (Å²) in [5, 5.41) is 2.16. The van der Waals surface area contributed by atoms with Gasteiger partial charge in [-0.2, -0.15) is 0 Å². The van der Waals surface area contributed by atoms with E-state index in [1.54, 1.807) is 12.1 Å². The molecule has 1 aromatic carbocycles. The molecule has 0 N–H and O–H groups in total. The molecule has 0 spiro atoms. The van der Waals surface area contributed by atoms with E-state index in [4.69, 9.17) is 4.74 Å². The molecule has 0 bridgehead atoms. The number of fused-ring (bicyclic) bond motifs is 2. The van der Waals surface area contributed by atoms with Crippen LogP contribution in [0, 0.1) is 11.7 Å². The van der Waals surface area contributed by atoms with Crippen LogP contribution in [0.2, 0.25) is 0 Å². The van der Waals surface area contributed by atoms with Crippen LogP contribution in [0.5, 0.6) is 5.75 Å². The van der Waals surface area contributed by atoms with Gasteiger partial charge in [-0.1, -0.05) is 6.07 Å². The molecule has 4 heterocycles. The third-order valence-electron chi connectivity index (χ3n) is 6.28. The topological polar surface area (TPSA) is 17.4 Å². The van der Waals surface area contributed by atoms with E-state index in [1.165, 1.54) is 16.6 Å². The minimum Gasteiger partial charge on any atom is -0.484 e. The summed E-state index contributed by atoms with van der Waals surface area (Å²) in [5.74, 6) is 1.09. The van der Waals surface area contributed by atoms with Crippen molar-refractivity contribution in [1.82, 2.24) is 9.47 Å². The fourth-order valence-electron chi connectivity index (χ4n) is 4.65. The van der Waals surface area contributed by atoms with Crippen molar-refractivity contribution < 1.29 is 9.13 Å². The van der Waals surface area contributed by atoms with E-state index in [0.29, 0.717) is 18.5 Å². The molecular weight excluding hydrogens is 371 g/mol. The Hall–Kier alpha value is -2.11. The number of likely N-dealkylation sites (tertiary alicyclic amines) is 1. The molecular formula is C23H25FN2OS. The van der Waals surface area contributed by atoms with Gasteiger partial charge in [0.1, 0.15) is 17.7 Å². The van der Waals surface area contributed by atoms with Crippen LogP contribution >= 0.6 is 11.3 Å². The normalized spacial score (nSPS) is 21.4. The van der Waals surface area contributed by atoms with Crippen molar-refractivity contribution in [3.63, 3.8) is 0 Å². The average Bonchev–Trinajstić information content (AvgIpc) is 3.37. The van der Waals surface area contributed by atoms with Crippen LogP contribution in [0.1, 0.15) is 48.0 Å². The van der Waals surface area contributed by atoms with Crippen LogP contribution < -0.4 is 4.74 Å². The van der Waals surface area contributed by atoms with Gasteiger partial charge in [-0.15, -0.1) is 11.3 Å². The highest BCUT2D eigenvalue weighted by Crippen LogP contribution is 2.40. The summed E-state index contributed by atoms with van der Waals surface area (Å²) >= 11 is 1.84. The predicted molar refractivity (Wildman–Crippen MR) is 110 cm³/mol. The number of ether oxygens (including phenoxy) is 1. The number of benzene rings is 1. The quantitative estimate of drug-likeness (QED) is 0.570. The molecule has 0 radical (unpaired) electrons. The van der Waals surface area contributed by atoms with Gasteiger partial charge >= 0.3 is 0 Å². The number of piperidine rings is 1. The summed E-state index contributed by atoms with van der Waals surface area (Å²) in [4.78, 5) is 4.02. The number of thiophene rings is 1. The van der Waals surface area contributed by atoms with Crippen molar-refractivity contribution in [1.29, 1.82) is 0 Å². The fraction of sp³-hybridized carbons (Fsp3) is 0.391. The Morgan fingerprint density at radius 2 is 2.00 bits per heavy atom. The van der Waals surface area contributed by atoms with E-state index in [1.807, 2.05) is 11.3 Å². The molecule has 2 aromatic heterocycles. The first-order valence-corrected chi connectivity index (χ1v) is 10.9. The number of aromatic nitrogens is 1. The molecule has 3 aromatic rings. The Labute approximate surface area is 169 Å². The maximum atomic E-state index is 13.7. The number of nitrogens with zero attached hydrogens (tertiary/aromatic N) is 2. The van der Waals surface area contributed by atoms with E-state index < -0.39 is 0 Å². The number of hydrogen-bond acceptors (Lipinski definition) is 3. The molecule has 2 aliphatic heterocycles. The van der Waals surface area contributed by atoms with Crippen molar-refractivity contribution in [2.75, 3.05) is 13.1 Å². The van der Waals surface area contributed by atoms with E-state index in [-0.39, 0.29) is 11.9 Å². The molecule has 2 unspecified atom stereocenters. The Balaban J connectivity index is 1.36. The Bertz CT molecular complexity index is 943. The summed E-state index contributed by atoms with van der Waals surface area (Å²) in [5.41, 5.74) is 2.13. The van der Waals surface area contributed by atoms with Gasteiger partial charge in [0.2, 0.25) is 0 Å². The smallest absolute Gasteiger partial charge is 0.141 e. The Kier molecular flexibility index (Phi) is 4.73. The first-order chi connectivity index (χ1) is 13.7. The molecule has 0 amide bonds. The summed E-state index contributed by atoms with van der Waals surface area (Å²) in [6, 6.07) is 14.0. The molecule has 2 atom stereocenters.